The first-order chi connectivity index (χ1) is 18.6. The van der Waals surface area contributed by atoms with Gasteiger partial charge in [0.05, 0.1) is 6.42 Å². The Morgan fingerprint density at radius 3 is 2.12 bits per heavy atom. The molecule has 2 rings (SSSR count). The number of H-pyrrole nitrogens is 1. The van der Waals surface area contributed by atoms with Crippen molar-refractivity contribution in [3.8, 4) is 0 Å². The summed E-state index contributed by atoms with van der Waals surface area (Å²) in [6.07, 6.45) is 0.652. The van der Waals surface area contributed by atoms with Crippen LogP contribution in [0, 0.1) is 5.92 Å². The third-order valence-electron chi connectivity index (χ3n) is 5.88. The maximum atomic E-state index is 13.6. The van der Waals surface area contributed by atoms with E-state index in [1.54, 1.807) is 27.0 Å². The molecule has 4 amide bonds. The number of amides is 4. The largest absolute Gasteiger partial charge is 0.481 e. The number of nitrogens with one attached hydrogen (secondary N) is 4. The fraction of sp³-hybridized carbons (Fsp3) is 0.536. The lowest BCUT2D eigenvalue weighted by Gasteiger charge is -2.27. The van der Waals surface area contributed by atoms with Crippen molar-refractivity contribution < 1.29 is 33.8 Å². The number of benzene rings is 1. The van der Waals surface area contributed by atoms with Gasteiger partial charge in [-0.05, 0) is 44.7 Å². The Hall–Kier alpha value is -4.09. The van der Waals surface area contributed by atoms with Gasteiger partial charge >= 0.3 is 12.1 Å². The number of rotatable bonds is 12. The number of carbonyl (C=O) groups excluding carboxylic acids is 4. The summed E-state index contributed by atoms with van der Waals surface area (Å²) in [5.74, 6) is -3.22. The zero-order valence-electron chi connectivity index (χ0n) is 24.2. The number of hydrogen-bond acceptors (Lipinski definition) is 6. The first kappa shape index (κ1) is 32.1. The van der Waals surface area contributed by atoms with Crippen LogP contribution in [0.5, 0.6) is 0 Å². The summed E-state index contributed by atoms with van der Waals surface area (Å²) >= 11 is 0. The number of para-hydroxylation sites is 1. The van der Waals surface area contributed by atoms with E-state index in [9.17, 15) is 29.1 Å². The number of carbonyl (C=O) groups is 5. The Morgan fingerprint density at radius 2 is 1.55 bits per heavy atom. The second-order valence-electron chi connectivity index (χ2n) is 11.3. The van der Waals surface area contributed by atoms with E-state index in [0.717, 1.165) is 16.5 Å². The van der Waals surface area contributed by atoms with Gasteiger partial charge in [-0.1, -0.05) is 32.0 Å². The third kappa shape index (κ3) is 9.90. The van der Waals surface area contributed by atoms with Crippen molar-refractivity contribution >= 4 is 40.7 Å². The summed E-state index contributed by atoms with van der Waals surface area (Å²) in [5.41, 5.74) is 0.833. The van der Waals surface area contributed by atoms with Gasteiger partial charge in [0.1, 0.15) is 23.7 Å². The molecule has 0 unspecified atom stereocenters. The van der Waals surface area contributed by atoms with Crippen LogP contribution in [0.1, 0.15) is 53.0 Å². The molecule has 0 radical (unpaired) electrons. The van der Waals surface area contributed by atoms with Gasteiger partial charge in [0.25, 0.3) is 0 Å². The van der Waals surface area contributed by atoms with Crippen molar-refractivity contribution in [2.24, 2.45) is 5.92 Å². The summed E-state index contributed by atoms with van der Waals surface area (Å²) in [5, 5.41) is 17.9. The lowest BCUT2D eigenvalue weighted by molar-refractivity contribution is -0.143. The van der Waals surface area contributed by atoms with Crippen molar-refractivity contribution in [2.45, 2.75) is 77.6 Å². The molecule has 0 fully saturated rings. The average molecular weight is 560 g/mol. The topological polar surface area (TPSA) is 170 Å². The third-order valence-corrected chi connectivity index (χ3v) is 5.88. The number of hydrogen-bond donors (Lipinski definition) is 5. The number of aliphatic carboxylic acids is 1. The molecular formula is C28H41N5O7. The predicted octanol–water partition coefficient (Wildman–Crippen LogP) is 2.18. The maximum absolute atomic E-state index is 13.6. The van der Waals surface area contributed by atoms with Crippen LogP contribution in [0.15, 0.2) is 30.5 Å². The van der Waals surface area contributed by atoms with Crippen LogP contribution >= 0.6 is 0 Å². The zero-order valence-corrected chi connectivity index (χ0v) is 24.2. The predicted molar refractivity (Wildman–Crippen MR) is 149 cm³/mol. The first-order valence-corrected chi connectivity index (χ1v) is 13.2. The van der Waals surface area contributed by atoms with Gasteiger partial charge in [0.2, 0.25) is 17.7 Å². The van der Waals surface area contributed by atoms with Crippen molar-refractivity contribution in [3.05, 3.63) is 36.0 Å². The van der Waals surface area contributed by atoms with Crippen molar-refractivity contribution in [3.63, 3.8) is 0 Å². The highest BCUT2D eigenvalue weighted by atomic mass is 16.6. The molecule has 220 valence electrons. The summed E-state index contributed by atoms with van der Waals surface area (Å²) in [6.45, 7) is 8.82. The van der Waals surface area contributed by atoms with Gasteiger partial charge in [0.15, 0.2) is 0 Å². The number of nitrogens with zero attached hydrogens (tertiary/aromatic N) is 1. The quantitative estimate of drug-likeness (QED) is 0.265. The minimum absolute atomic E-state index is 0.0376. The number of fused-ring (bicyclic) bond motifs is 1. The highest BCUT2D eigenvalue weighted by Gasteiger charge is 2.32. The average Bonchev–Trinajstić information content (AvgIpc) is 3.23. The molecule has 0 saturated carbocycles. The molecule has 0 aliphatic rings. The van der Waals surface area contributed by atoms with Crippen LogP contribution in [0.4, 0.5) is 4.79 Å². The highest BCUT2D eigenvalue weighted by molar-refractivity contribution is 5.95. The Labute approximate surface area is 234 Å². The molecule has 12 nitrogen and oxygen atoms in total. The Bertz CT molecular complexity index is 1220. The number of alkyl carbamates (subject to hydrolysis) is 1. The molecule has 5 N–H and O–H groups in total. The van der Waals surface area contributed by atoms with Crippen LogP contribution in [0.2, 0.25) is 0 Å². The van der Waals surface area contributed by atoms with E-state index in [1.165, 1.54) is 19.0 Å². The molecule has 40 heavy (non-hydrogen) atoms. The van der Waals surface area contributed by atoms with Gasteiger partial charge in [0, 0.05) is 37.6 Å². The molecule has 0 spiro atoms. The molecule has 1 heterocycles. The molecule has 12 heteroatoms. The second-order valence-corrected chi connectivity index (χ2v) is 11.3. The number of carboxylic acid groups (broad SMARTS) is 1. The summed E-state index contributed by atoms with van der Waals surface area (Å²) < 4.78 is 5.37. The van der Waals surface area contributed by atoms with Crippen molar-refractivity contribution in [1.82, 2.24) is 25.8 Å². The van der Waals surface area contributed by atoms with Crippen molar-refractivity contribution in [1.29, 1.82) is 0 Å². The number of aromatic nitrogens is 1. The van der Waals surface area contributed by atoms with E-state index in [-0.39, 0.29) is 18.8 Å². The number of aromatic amines is 1. The summed E-state index contributed by atoms with van der Waals surface area (Å²) in [4.78, 5) is 67.6. The number of carboxylic acids is 1. The molecule has 0 aliphatic carbocycles. The molecule has 1 aromatic heterocycles. The molecular weight excluding hydrogens is 518 g/mol. The summed E-state index contributed by atoms with van der Waals surface area (Å²) in [6, 6.07) is 4.01. The lowest BCUT2D eigenvalue weighted by atomic mass is 10.0. The smallest absolute Gasteiger partial charge is 0.408 e. The normalized spacial score (nSPS) is 13.7. The van der Waals surface area contributed by atoms with Crippen LogP contribution in [0.3, 0.4) is 0 Å². The SMILES string of the molecule is CC(C)C[C@H](NC(=O)[C@H](Cc1c[nH]c2ccccc12)NC(=O)OC(C)(C)C)C(=O)N[C@@H](CC(=O)O)C(=O)N(C)C. The monoisotopic (exact) mass is 559 g/mol. The molecule has 1 aromatic carbocycles. The fourth-order valence-electron chi connectivity index (χ4n) is 4.11. The van der Waals surface area contributed by atoms with Gasteiger partial charge in [-0.3, -0.25) is 19.2 Å². The fourth-order valence-corrected chi connectivity index (χ4v) is 4.11. The number of likely N-dealkylation sites (N-methyl/N-ethyl adjacent to an activating group) is 1. The molecule has 0 bridgehead atoms. The van der Waals surface area contributed by atoms with E-state index >= 15 is 0 Å². The van der Waals surface area contributed by atoms with E-state index in [1.807, 2.05) is 38.1 Å². The van der Waals surface area contributed by atoms with E-state index in [0.29, 0.717) is 0 Å². The van der Waals surface area contributed by atoms with E-state index < -0.39 is 59.9 Å². The Morgan fingerprint density at radius 1 is 0.950 bits per heavy atom. The van der Waals surface area contributed by atoms with E-state index in [4.69, 9.17) is 4.74 Å². The molecule has 0 aliphatic heterocycles. The van der Waals surface area contributed by atoms with Gasteiger partial charge in [-0.2, -0.15) is 0 Å². The second kappa shape index (κ2) is 13.8. The lowest BCUT2D eigenvalue weighted by Crippen LogP contribution is -2.57. The minimum atomic E-state index is -1.31. The number of ether oxygens (including phenoxy) is 1. The first-order valence-electron chi connectivity index (χ1n) is 13.2. The van der Waals surface area contributed by atoms with E-state index in [2.05, 4.69) is 20.9 Å². The van der Waals surface area contributed by atoms with Crippen LogP contribution in [-0.4, -0.2) is 82.6 Å². The Balaban J connectivity index is 2.32. The van der Waals surface area contributed by atoms with Crippen LogP contribution in [0.25, 0.3) is 10.9 Å². The zero-order chi connectivity index (χ0) is 30.2. The highest BCUT2D eigenvalue weighted by Crippen LogP contribution is 2.20. The van der Waals surface area contributed by atoms with Gasteiger partial charge < -0.3 is 35.7 Å². The molecule has 3 atom stereocenters. The maximum Gasteiger partial charge on any atom is 0.408 e. The van der Waals surface area contributed by atoms with Gasteiger partial charge in [-0.25, -0.2) is 4.79 Å². The Kier molecular flexibility index (Phi) is 11.1. The van der Waals surface area contributed by atoms with Crippen LogP contribution in [-0.2, 0) is 30.3 Å². The molecule has 0 saturated heterocycles. The summed E-state index contributed by atoms with van der Waals surface area (Å²) in [7, 11) is 2.91. The standard InChI is InChI=1S/C28H41N5O7/c1-16(2)12-20(24(36)31-22(14-23(34)35)26(38)33(6)7)30-25(37)21(32-27(39)40-28(3,4)5)13-17-15-29-19-11-9-8-10-18(17)19/h8-11,15-16,20-22,29H,12-14H2,1-7H3,(H,30,37)(H,31,36)(H,32,39)(H,34,35)/t20-,21-,22-/m0/s1. The minimum Gasteiger partial charge on any atom is -0.481 e. The van der Waals surface area contributed by atoms with Crippen LogP contribution < -0.4 is 16.0 Å². The van der Waals surface area contributed by atoms with Crippen molar-refractivity contribution in [2.75, 3.05) is 14.1 Å². The molecule has 2 aromatic rings. The van der Waals surface area contributed by atoms with Gasteiger partial charge in [-0.15, -0.1) is 0 Å².